The van der Waals surface area contributed by atoms with Crippen LogP contribution in [0.2, 0.25) is 0 Å². The maximum absolute atomic E-state index is 11.7. The molecule has 0 aliphatic heterocycles. The molecule has 90 valence electrons. The van der Waals surface area contributed by atoms with Crippen LogP contribution in [-0.4, -0.2) is 20.2 Å². The van der Waals surface area contributed by atoms with E-state index in [2.05, 4.69) is 9.38 Å². The first kappa shape index (κ1) is 12.0. The minimum atomic E-state index is -1.27. The zero-order valence-electron chi connectivity index (χ0n) is 10.0. The van der Waals surface area contributed by atoms with Crippen molar-refractivity contribution in [1.29, 1.82) is 0 Å². The summed E-state index contributed by atoms with van der Waals surface area (Å²) in [4.78, 5) is 4.00. The lowest BCUT2D eigenvalue weighted by atomic mass is 10.3. The summed E-state index contributed by atoms with van der Waals surface area (Å²) < 4.78 is 20.9. The highest BCUT2D eigenvalue weighted by atomic mass is 32.2. The maximum Gasteiger partial charge on any atom is 0.147 e. The molecule has 0 radical (unpaired) electrons. The van der Waals surface area contributed by atoms with Crippen molar-refractivity contribution >= 4 is 28.2 Å². The molecule has 2 rings (SSSR count). The van der Waals surface area contributed by atoms with Gasteiger partial charge < -0.3 is 4.42 Å². The average molecular weight is 250 g/mol. The summed E-state index contributed by atoms with van der Waals surface area (Å²) >= 11 is 0. The second kappa shape index (κ2) is 4.41. The first-order chi connectivity index (χ1) is 7.97. The van der Waals surface area contributed by atoms with Crippen LogP contribution in [-0.2, 0) is 11.0 Å². The molecule has 0 saturated carbocycles. The molecule has 2 heterocycles. The lowest BCUT2D eigenvalue weighted by molar-refractivity contribution is 0.607. The van der Waals surface area contributed by atoms with Gasteiger partial charge >= 0.3 is 0 Å². The molecule has 1 unspecified atom stereocenters. The highest BCUT2D eigenvalue weighted by molar-refractivity contribution is 7.85. The van der Waals surface area contributed by atoms with Crippen molar-refractivity contribution in [3.05, 3.63) is 30.3 Å². The SMILES string of the molecule is CC(C)(C)S(=O)N=Cc1cc2cnccc2o1. The van der Waals surface area contributed by atoms with Crippen LogP contribution in [0.3, 0.4) is 0 Å². The molecule has 0 saturated heterocycles. The monoisotopic (exact) mass is 250 g/mol. The van der Waals surface area contributed by atoms with Gasteiger partial charge in [-0.05, 0) is 32.9 Å². The molecule has 5 heteroatoms. The smallest absolute Gasteiger partial charge is 0.147 e. The van der Waals surface area contributed by atoms with Gasteiger partial charge in [0.25, 0.3) is 0 Å². The number of hydrogen-bond acceptors (Lipinski definition) is 3. The minimum Gasteiger partial charge on any atom is -0.455 e. The zero-order valence-corrected chi connectivity index (χ0v) is 10.8. The number of rotatable bonds is 2. The van der Waals surface area contributed by atoms with Gasteiger partial charge in [0.05, 0.1) is 11.0 Å². The summed E-state index contributed by atoms with van der Waals surface area (Å²) in [7, 11) is -1.27. The van der Waals surface area contributed by atoms with E-state index in [4.69, 9.17) is 4.42 Å². The molecule has 0 bridgehead atoms. The van der Waals surface area contributed by atoms with E-state index >= 15 is 0 Å². The van der Waals surface area contributed by atoms with Crippen LogP contribution >= 0.6 is 0 Å². The van der Waals surface area contributed by atoms with Gasteiger partial charge in [-0.15, -0.1) is 0 Å². The summed E-state index contributed by atoms with van der Waals surface area (Å²) in [5.41, 5.74) is 0.753. The van der Waals surface area contributed by atoms with E-state index < -0.39 is 11.0 Å². The summed E-state index contributed by atoms with van der Waals surface area (Å²) in [5, 5.41) is 0.912. The average Bonchev–Trinajstić information content (AvgIpc) is 2.66. The number of pyridine rings is 1. The Morgan fingerprint density at radius 3 is 2.88 bits per heavy atom. The first-order valence-electron chi connectivity index (χ1n) is 5.26. The second-order valence-corrected chi connectivity index (χ2v) is 6.59. The van der Waals surface area contributed by atoms with Crippen molar-refractivity contribution in [3.63, 3.8) is 0 Å². The molecule has 2 aromatic heterocycles. The molecule has 0 aliphatic carbocycles. The highest BCUT2D eigenvalue weighted by Gasteiger charge is 2.18. The lowest BCUT2D eigenvalue weighted by Gasteiger charge is -2.12. The summed E-state index contributed by atoms with van der Waals surface area (Å²) in [5.74, 6) is 0.589. The summed E-state index contributed by atoms with van der Waals surface area (Å²) in [6, 6.07) is 3.61. The van der Waals surface area contributed by atoms with E-state index in [1.54, 1.807) is 18.5 Å². The molecular formula is C12H14N2O2S. The predicted octanol–water partition coefficient (Wildman–Crippen LogP) is 2.71. The molecule has 0 fully saturated rings. The van der Waals surface area contributed by atoms with E-state index in [9.17, 15) is 4.21 Å². The molecule has 0 N–H and O–H groups in total. The number of furan rings is 1. The number of hydrogen-bond donors (Lipinski definition) is 0. The van der Waals surface area contributed by atoms with Gasteiger partial charge in [0.2, 0.25) is 0 Å². The molecular weight excluding hydrogens is 236 g/mol. The van der Waals surface area contributed by atoms with E-state index in [1.807, 2.05) is 26.8 Å². The van der Waals surface area contributed by atoms with Crippen molar-refractivity contribution in [2.45, 2.75) is 25.5 Å². The Labute approximate surface area is 102 Å². The topological polar surface area (TPSA) is 55.5 Å². The highest BCUT2D eigenvalue weighted by Crippen LogP contribution is 2.17. The fraction of sp³-hybridized carbons (Fsp3) is 0.333. The van der Waals surface area contributed by atoms with Gasteiger partial charge in [-0.25, -0.2) is 4.21 Å². The van der Waals surface area contributed by atoms with Gasteiger partial charge in [-0.1, -0.05) is 0 Å². The van der Waals surface area contributed by atoms with Gasteiger partial charge in [-0.2, -0.15) is 4.40 Å². The van der Waals surface area contributed by atoms with Crippen LogP contribution in [0.4, 0.5) is 0 Å². The van der Waals surface area contributed by atoms with Crippen molar-refractivity contribution in [2.24, 2.45) is 4.40 Å². The Morgan fingerprint density at radius 2 is 2.24 bits per heavy atom. The molecule has 0 aromatic carbocycles. The van der Waals surface area contributed by atoms with Gasteiger partial charge in [-0.3, -0.25) is 4.98 Å². The third kappa shape index (κ3) is 2.79. The van der Waals surface area contributed by atoms with Gasteiger partial charge in [0, 0.05) is 17.8 Å². The third-order valence-electron chi connectivity index (χ3n) is 2.14. The Hall–Kier alpha value is -1.49. The quantitative estimate of drug-likeness (QED) is 0.770. The normalized spacial score (nSPS) is 14.5. The van der Waals surface area contributed by atoms with Crippen molar-refractivity contribution in [1.82, 2.24) is 4.98 Å². The fourth-order valence-corrected chi connectivity index (χ4v) is 1.74. The van der Waals surface area contributed by atoms with Crippen molar-refractivity contribution < 1.29 is 8.63 Å². The van der Waals surface area contributed by atoms with E-state index in [-0.39, 0.29) is 4.75 Å². The number of nitrogens with zero attached hydrogens (tertiary/aromatic N) is 2. The first-order valence-corrected chi connectivity index (χ1v) is 6.37. The Balaban J connectivity index is 2.24. The molecule has 17 heavy (non-hydrogen) atoms. The lowest BCUT2D eigenvalue weighted by Crippen LogP contribution is -2.19. The fourth-order valence-electron chi connectivity index (χ4n) is 1.23. The van der Waals surface area contributed by atoms with E-state index in [0.29, 0.717) is 5.76 Å². The number of aromatic nitrogens is 1. The summed E-state index contributed by atoms with van der Waals surface area (Å²) in [6.07, 6.45) is 4.89. The number of fused-ring (bicyclic) bond motifs is 1. The minimum absolute atomic E-state index is 0.357. The molecule has 0 amide bonds. The maximum atomic E-state index is 11.7. The van der Waals surface area contributed by atoms with E-state index in [1.165, 1.54) is 6.21 Å². The molecule has 2 aromatic rings. The van der Waals surface area contributed by atoms with Crippen LogP contribution in [0.15, 0.2) is 33.3 Å². The molecule has 0 spiro atoms. The Bertz CT molecular complexity index is 548. The zero-order chi connectivity index (χ0) is 12.5. The van der Waals surface area contributed by atoms with Crippen LogP contribution in [0, 0.1) is 0 Å². The van der Waals surface area contributed by atoms with Gasteiger partial charge in [0.1, 0.15) is 22.3 Å². The molecule has 4 nitrogen and oxygen atoms in total. The molecule has 0 aliphatic rings. The summed E-state index contributed by atoms with van der Waals surface area (Å²) in [6.45, 7) is 5.63. The predicted molar refractivity (Wildman–Crippen MR) is 69.5 cm³/mol. The van der Waals surface area contributed by atoms with Crippen LogP contribution in [0.25, 0.3) is 11.0 Å². The van der Waals surface area contributed by atoms with E-state index in [0.717, 1.165) is 11.0 Å². The van der Waals surface area contributed by atoms with Crippen LogP contribution in [0.1, 0.15) is 26.5 Å². The van der Waals surface area contributed by atoms with Crippen molar-refractivity contribution in [2.75, 3.05) is 0 Å². The third-order valence-corrected chi connectivity index (χ3v) is 3.48. The largest absolute Gasteiger partial charge is 0.455 e. The van der Waals surface area contributed by atoms with Crippen molar-refractivity contribution in [3.8, 4) is 0 Å². The van der Waals surface area contributed by atoms with Gasteiger partial charge in [0.15, 0.2) is 0 Å². The van der Waals surface area contributed by atoms with Crippen LogP contribution in [0.5, 0.6) is 0 Å². The van der Waals surface area contributed by atoms with Crippen LogP contribution < -0.4 is 0 Å². The Morgan fingerprint density at radius 1 is 1.47 bits per heavy atom. The standard InChI is InChI=1S/C12H14N2O2S/c1-12(2,3)17(15)14-8-10-6-9-7-13-5-4-11(9)16-10/h4-8H,1-3H3. The molecule has 1 atom stereocenters. The Kier molecular flexibility index (Phi) is 3.11. The second-order valence-electron chi connectivity index (χ2n) is 4.66.